The number of unbranched alkanes of at least 4 members (excludes halogenated alkanes) is 1. The lowest BCUT2D eigenvalue weighted by atomic mass is 10.1. The molecule has 0 nitrogen and oxygen atoms in total. The quantitative estimate of drug-likeness (QED) is 0.394. The van der Waals surface area contributed by atoms with Crippen LogP contribution < -0.4 is 5.19 Å². The van der Waals surface area contributed by atoms with Crippen molar-refractivity contribution in [1.82, 2.24) is 0 Å². The number of benzene rings is 2. The number of hydrogen-bond donors (Lipinski definition) is 1. The maximum atomic E-state index is 4.69. The van der Waals surface area contributed by atoms with Crippen molar-refractivity contribution in [1.29, 1.82) is 0 Å². The van der Waals surface area contributed by atoms with Crippen LogP contribution in [-0.2, 0) is 12.5 Å². The molecule has 0 unspecified atom stereocenters. The van der Waals surface area contributed by atoms with Gasteiger partial charge >= 0.3 is 0 Å². The molecule has 2 rings (SSSR count). The first-order valence-corrected chi connectivity index (χ1v) is 12.6. The summed E-state index contributed by atoms with van der Waals surface area (Å²) in [4.78, 5) is 1.15. The summed E-state index contributed by atoms with van der Waals surface area (Å²) in [7, 11) is -1.66. The molecular formula is C23H34SSi. The van der Waals surface area contributed by atoms with Crippen molar-refractivity contribution in [3.05, 3.63) is 59.7 Å². The maximum Gasteiger partial charge on any atom is 0.0960 e. The van der Waals surface area contributed by atoms with Crippen molar-refractivity contribution in [2.24, 2.45) is 0 Å². The highest BCUT2D eigenvalue weighted by atomic mass is 32.1. The van der Waals surface area contributed by atoms with Gasteiger partial charge in [-0.15, -0.1) is 12.6 Å². The molecule has 0 saturated heterocycles. The van der Waals surface area contributed by atoms with Gasteiger partial charge in [0.2, 0.25) is 0 Å². The molecule has 0 saturated carbocycles. The fourth-order valence-corrected chi connectivity index (χ4v) is 9.89. The van der Waals surface area contributed by atoms with Crippen LogP contribution in [0, 0.1) is 0 Å². The molecule has 0 bridgehead atoms. The van der Waals surface area contributed by atoms with Crippen LogP contribution in [0.1, 0.15) is 58.6 Å². The van der Waals surface area contributed by atoms with Gasteiger partial charge in [0.15, 0.2) is 0 Å². The summed E-state index contributed by atoms with van der Waals surface area (Å²) in [5.74, 6) is 0. The first kappa shape index (κ1) is 20.3. The predicted octanol–water partition coefficient (Wildman–Crippen LogP) is 6.58. The smallest absolute Gasteiger partial charge is 0.0960 e. The highest BCUT2D eigenvalue weighted by molar-refractivity contribution is 7.80. The van der Waals surface area contributed by atoms with Crippen molar-refractivity contribution >= 4 is 25.9 Å². The van der Waals surface area contributed by atoms with Crippen LogP contribution in [-0.4, -0.2) is 8.07 Å². The lowest BCUT2D eigenvalue weighted by Crippen LogP contribution is -2.55. The van der Waals surface area contributed by atoms with Gasteiger partial charge in [-0.3, -0.25) is 0 Å². The molecule has 0 N–H and O–H groups in total. The average Bonchev–Trinajstić information content (AvgIpc) is 2.60. The van der Waals surface area contributed by atoms with Crippen molar-refractivity contribution in [3.63, 3.8) is 0 Å². The van der Waals surface area contributed by atoms with E-state index in [1.54, 1.807) is 5.19 Å². The van der Waals surface area contributed by atoms with Crippen molar-refractivity contribution < 1.29 is 0 Å². The minimum absolute atomic E-state index is 0.713. The zero-order valence-electron chi connectivity index (χ0n) is 16.5. The lowest BCUT2D eigenvalue weighted by molar-refractivity contribution is 0.784. The summed E-state index contributed by atoms with van der Waals surface area (Å²) >= 11 is 4.69. The fraction of sp³-hybridized carbons (Fsp3) is 0.478. The monoisotopic (exact) mass is 370 g/mol. The van der Waals surface area contributed by atoms with Gasteiger partial charge in [0, 0.05) is 4.90 Å². The van der Waals surface area contributed by atoms with Crippen LogP contribution in [0.5, 0.6) is 0 Å². The van der Waals surface area contributed by atoms with E-state index in [1.807, 2.05) is 0 Å². The normalized spacial score (nSPS) is 12.2. The second kappa shape index (κ2) is 9.09. The molecule has 0 aliphatic rings. The molecular weight excluding hydrogens is 336 g/mol. The number of hydrogen-bond acceptors (Lipinski definition) is 1. The molecule has 0 fully saturated rings. The Kier molecular flexibility index (Phi) is 7.39. The van der Waals surface area contributed by atoms with E-state index < -0.39 is 8.07 Å². The molecule has 2 aromatic rings. The largest absolute Gasteiger partial charge is 0.143 e. The van der Waals surface area contributed by atoms with E-state index in [0.29, 0.717) is 11.1 Å². The van der Waals surface area contributed by atoms with Crippen LogP contribution >= 0.6 is 12.6 Å². The Balaban J connectivity index is 2.44. The first-order chi connectivity index (χ1) is 11.9. The number of rotatable bonds is 8. The van der Waals surface area contributed by atoms with E-state index in [0.717, 1.165) is 11.3 Å². The van der Waals surface area contributed by atoms with Crippen LogP contribution in [0.4, 0.5) is 0 Å². The minimum Gasteiger partial charge on any atom is -0.143 e. The summed E-state index contributed by atoms with van der Waals surface area (Å²) in [5.41, 5.74) is 4.35. The van der Waals surface area contributed by atoms with Crippen LogP contribution in [0.3, 0.4) is 0 Å². The average molecular weight is 371 g/mol. The van der Waals surface area contributed by atoms with E-state index in [9.17, 15) is 0 Å². The van der Waals surface area contributed by atoms with Gasteiger partial charge in [0.1, 0.15) is 0 Å². The predicted molar refractivity (Wildman–Crippen MR) is 118 cm³/mol. The Morgan fingerprint density at radius 2 is 1.56 bits per heavy atom. The Morgan fingerprint density at radius 1 is 0.920 bits per heavy atom. The maximum absolute atomic E-state index is 4.69. The SMILES string of the molecule is CCCCc1cc(C[Si](c2ccccc2)(C(C)C)C(C)C)ccc1S. The molecule has 0 radical (unpaired) electrons. The van der Waals surface area contributed by atoms with Crippen molar-refractivity contribution in [2.45, 2.75) is 75.9 Å². The van der Waals surface area contributed by atoms with E-state index in [4.69, 9.17) is 12.6 Å². The summed E-state index contributed by atoms with van der Waals surface area (Å²) in [6.45, 7) is 12.0. The topological polar surface area (TPSA) is 0 Å². The van der Waals surface area contributed by atoms with Gasteiger partial charge in [0.05, 0.1) is 8.07 Å². The van der Waals surface area contributed by atoms with Crippen LogP contribution in [0.2, 0.25) is 11.1 Å². The van der Waals surface area contributed by atoms with Crippen molar-refractivity contribution in [3.8, 4) is 0 Å². The zero-order valence-corrected chi connectivity index (χ0v) is 18.4. The second-order valence-corrected chi connectivity index (χ2v) is 13.8. The first-order valence-electron chi connectivity index (χ1n) is 9.78. The molecule has 0 atom stereocenters. The Bertz CT molecular complexity index is 653. The van der Waals surface area contributed by atoms with Gasteiger partial charge in [-0.25, -0.2) is 0 Å². The third kappa shape index (κ3) is 4.59. The molecule has 0 spiro atoms. The number of aryl methyl sites for hydroxylation is 1. The molecule has 2 aromatic carbocycles. The molecule has 0 heterocycles. The Morgan fingerprint density at radius 3 is 2.12 bits per heavy atom. The molecule has 136 valence electrons. The van der Waals surface area contributed by atoms with E-state index in [1.165, 1.54) is 30.0 Å². The highest BCUT2D eigenvalue weighted by Crippen LogP contribution is 2.35. The van der Waals surface area contributed by atoms with Crippen LogP contribution in [0.15, 0.2) is 53.4 Å². The van der Waals surface area contributed by atoms with Gasteiger partial charge < -0.3 is 0 Å². The third-order valence-corrected chi connectivity index (χ3v) is 12.8. The Hall–Kier alpha value is -0.993. The summed E-state index contributed by atoms with van der Waals surface area (Å²) in [6, 6.07) is 19.5. The number of thiol groups is 1. The van der Waals surface area contributed by atoms with Gasteiger partial charge in [0.25, 0.3) is 0 Å². The van der Waals surface area contributed by atoms with E-state index in [2.05, 4.69) is 83.1 Å². The zero-order chi connectivity index (χ0) is 18.4. The molecule has 0 aliphatic carbocycles. The molecule has 0 aliphatic heterocycles. The van der Waals surface area contributed by atoms with Crippen molar-refractivity contribution in [2.75, 3.05) is 0 Å². The van der Waals surface area contributed by atoms with E-state index >= 15 is 0 Å². The standard InChI is InChI=1S/C23H34SSi/c1-6-7-11-21-16-20(14-15-23(21)24)17-25(18(2)3,19(4)5)22-12-9-8-10-13-22/h8-10,12-16,18-19,24H,6-7,11,17H2,1-5H3. The highest BCUT2D eigenvalue weighted by Gasteiger charge is 2.41. The molecule has 0 aromatic heterocycles. The molecule has 2 heteroatoms. The minimum atomic E-state index is -1.66. The lowest BCUT2D eigenvalue weighted by Gasteiger charge is -2.40. The molecule has 25 heavy (non-hydrogen) atoms. The summed E-state index contributed by atoms with van der Waals surface area (Å²) in [5, 5.41) is 1.60. The summed E-state index contributed by atoms with van der Waals surface area (Å²) in [6.07, 6.45) is 3.62. The van der Waals surface area contributed by atoms with E-state index in [-0.39, 0.29) is 0 Å². The van der Waals surface area contributed by atoms with Crippen LogP contribution in [0.25, 0.3) is 0 Å². The Labute approximate surface area is 161 Å². The molecule has 0 amide bonds. The summed E-state index contributed by atoms with van der Waals surface area (Å²) < 4.78 is 0. The third-order valence-electron chi connectivity index (χ3n) is 5.81. The van der Waals surface area contributed by atoms with Gasteiger partial charge in [-0.1, -0.05) is 88.7 Å². The fourth-order valence-electron chi connectivity index (χ4n) is 4.25. The second-order valence-electron chi connectivity index (χ2n) is 7.96. The van der Waals surface area contributed by atoms with Gasteiger partial charge in [-0.2, -0.15) is 0 Å². The van der Waals surface area contributed by atoms with Gasteiger partial charge in [-0.05, 0) is 47.2 Å².